The first-order chi connectivity index (χ1) is 14.4. The van der Waals surface area contributed by atoms with Gasteiger partial charge in [-0.3, -0.25) is 4.79 Å². The molecule has 0 fully saturated rings. The maximum absolute atomic E-state index is 12.6. The molecule has 4 aromatic rings. The highest BCUT2D eigenvalue weighted by atomic mass is 16.5. The van der Waals surface area contributed by atoms with E-state index in [-0.39, 0.29) is 5.91 Å². The van der Waals surface area contributed by atoms with E-state index < -0.39 is 0 Å². The maximum atomic E-state index is 12.6. The van der Waals surface area contributed by atoms with Crippen molar-refractivity contribution in [1.82, 2.24) is 20.0 Å². The first kappa shape index (κ1) is 19.7. The summed E-state index contributed by atoms with van der Waals surface area (Å²) in [7, 11) is 5.72. The second-order valence-corrected chi connectivity index (χ2v) is 7.71. The Bertz CT molecular complexity index is 1170. The Morgan fingerprint density at radius 3 is 2.57 bits per heavy atom. The van der Waals surface area contributed by atoms with E-state index in [4.69, 9.17) is 4.52 Å². The van der Waals surface area contributed by atoms with Crippen molar-refractivity contribution in [1.29, 1.82) is 0 Å². The van der Waals surface area contributed by atoms with Crippen LogP contribution in [-0.4, -0.2) is 53.6 Å². The van der Waals surface area contributed by atoms with Gasteiger partial charge in [0, 0.05) is 56.3 Å². The first-order valence-electron chi connectivity index (χ1n) is 9.86. The van der Waals surface area contributed by atoms with Crippen LogP contribution >= 0.6 is 0 Å². The lowest BCUT2D eigenvalue weighted by Gasteiger charge is -2.17. The number of rotatable bonds is 6. The molecule has 1 amide bonds. The number of aromatic amines is 1. The quantitative estimate of drug-likeness (QED) is 0.528. The fourth-order valence-corrected chi connectivity index (χ4v) is 3.32. The zero-order chi connectivity index (χ0) is 21.3. The molecule has 2 aromatic carbocycles. The van der Waals surface area contributed by atoms with Crippen molar-refractivity contribution in [2.24, 2.45) is 0 Å². The molecule has 0 radical (unpaired) electrons. The highest BCUT2D eigenvalue weighted by molar-refractivity contribution is 5.94. The van der Waals surface area contributed by atoms with Gasteiger partial charge in [0.05, 0.1) is 0 Å². The summed E-state index contributed by atoms with van der Waals surface area (Å²) in [6.45, 7) is 2.56. The minimum absolute atomic E-state index is 0.0324. The molecule has 0 bridgehead atoms. The summed E-state index contributed by atoms with van der Waals surface area (Å²) < 4.78 is 5.42. The first-order valence-corrected chi connectivity index (χ1v) is 9.86. The molecule has 154 valence electrons. The Kier molecular flexibility index (Phi) is 5.27. The summed E-state index contributed by atoms with van der Waals surface area (Å²) in [6, 6.07) is 15.8. The van der Waals surface area contributed by atoms with Crippen molar-refractivity contribution >= 4 is 22.5 Å². The van der Waals surface area contributed by atoms with Crippen molar-refractivity contribution in [3.8, 4) is 11.6 Å². The highest BCUT2D eigenvalue weighted by Gasteiger charge is 2.15. The summed E-state index contributed by atoms with van der Waals surface area (Å²) in [5.41, 5.74) is 4.73. The number of carbonyl (C=O) groups excluding carboxylic acids is 1. The lowest BCUT2D eigenvalue weighted by Crippen LogP contribution is -2.29. The van der Waals surface area contributed by atoms with Gasteiger partial charge in [0.15, 0.2) is 5.82 Å². The Hall–Kier alpha value is -3.61. The number of hydrogen-bond donors (Lipinski definition) is 1. The molecule has 1 N–H and O–H groups in total. The van der Waals surface area contributed by atoms with Gasteiger partial charge in [-0.1, -0.05) is 16.8 Å². The van der Waals surface area contributed by atoms with Gasteiger partial charge in [-0.05, 0) is 49.4 Å². The monoisotopic (exact) mass is 403 g/mol. The zero-order valence-corrected chi connectivity index (χ0v) is 17.6. The van der Waals surface area contributed by atoms with Crippen LogP contribution < -0.4 is 4.90 Å². The van der Waals surface area contributed by atoms with Crippen molar-refractivity contribution in [3.05, 3.63) is 65.5 Å². The summed E-state index contributed by atoms with van der Waals surface area (Å²) >= 11 is 0. The van der Waals surface area contributed by atoms with E-state index in [9.17, 15) is 4.79 Å². The number of anilines is 1. The molecule has 7 heteroatoms. The molecule has 2 aromatic heterocycles. The fourth-order valence-electron chi connectivity index (χ4n) is 3.32. The number of benzene rings is 2. The number of carbonyl (C=O) groups is 1. The molecule has 0 unspecified atom stereocenters. The molecule has 30 heavy (non-hydrogen) atoms. The molecule has 0 saturated carbocycles. The van der Waals surface area contributed by atoms with E-state index in [1.807, 2.05) is 55.4 Å². The SMILES string of the molecule is Cc1ccc2[nH]c(-c3nc(CCN(C)C(=O)c4ccc(N(C)C)cc4)no3)cc2c1. The number of nitrogens with one attached hydrogen (secondary N) is 1. The third kappa shape index (κ3) is 4.05. The van der Waals surface area contributed by atoms with Crippen LogP contribution in [0.1, 0.15) is 21.7 Å². The van der Waals surface area contributed by atoms with Crippen molar-refractivity contribution in [3.63, 3.8) is 0 Å². The molecule has 0 saturated heterocycles. The number of fused-ring (bicyclic) bond motifs is 1. The average molecular weight is 403 g/mol. The van der Waals surface area contributed by atoms with E-state index in [2.05, 4.69) is 34.2 Å². The minimum Gasteiger partial charge on any atom is -0.378 e. The largest absolute Gasteiger partial charge is 0.378 e. The number of H-pyrrole nitrogens is 1. The molecule has 7 nitrogen and oxygen atoms in total. The Morgan fingerprint density at radius 2 is 1.83 bits per heavy atom. The zero-order valence-electron chi connectivity index (χ0n) is 17.6. The van der Waals surface area contributed by atoms with Gasteiger partial charge in [-0.25, -0.2) is 0 Å². The molecule has 0 aliphatic heterocycles. The molecule has 0 spiro atoms. The number of hydrogen-bond acceptors (Lipinski definition) is 5. The van der Waals surface area contributed by atoms with Crippen molar-refractivity contribution in [2.45, 2.75) is 13.3 Å². The van der Waals surface area contributed by atoms with Crippen molar-refractivity contribution in [2.75, 3.05) is 32.6 Å². The Morgan fingerprint density at radius 1 is 1.07 bits per heavy atom. The number of nitrogens with zero attached hydrogens (tertiary/aromatic N) is 4. The second kappa shape index (κ2) is 8.02. The van der Waals surface area contributed by atoms with Gasteiger partial charge < -0.3 is 19.3 Å². The average Bonchev–Trinajstić information content (AvgIpc) is 3.38. The van der Waals surface area contributed by atoms with Crippen LogP contribution in [0.4, 0.5) is 5.69 Å². The predicted molar refractivity (Wildman–Crippen MR) is 118 cm³/mol. The molecule has 2 heterocycles. The van der Waals surface area contributed by atoms with Crippen LogP contribution in [-0.2, 0) is 6.42 Å². The smallest absolute Gasteiger partial charge is 0.274 e. The van der Waals surface area contributed by atoms with Crippen LogP contribution in [0, 0.1) is 6.92 Å². The maximum Gasteiger partial charge on any atom is 0.274 e. The van der Waals surface area contributed by atoms with Crippen LogP contribution in [0.15, 0.2) is 53.1 Å². The predicted octanol–water partition coefficient (Wildman–Crippen LogP) is 3.91. The van der Waals surface area contributed by atoms with E-state index in [0.717, 1.165) is 22.3 Å². The van der Waals surface area contributed by atoms with Crippen molar-refractivity contribution < 1.29 is 9.32 Å². The minimum atomic E-state index is -0.0324. The van der Waals surface area contributed by atoms with E-state index >= 15 is 0 Å². The fraction of sp³-hybridized carbons (Fsp3) is 0.261. The van der Waals surface area contributed by atoms with E-state index in [1.54, 1.807) is 11.9 Å². The van der Waals surface area contributed by atoms with Crippen LogP contribution in [0.25, 0.3) is 22.5 Å². The molecule has 0 aliphatic rings. The molecule has 4 rings (SSSR count). The molecular weight excluding hydrogens is 378 g/mol. The van der Waals surface area contributed by atoms with Crippen LogP contribution in [0.3, 0.4) is 0 Å². The third-order valence-electron chi connectivity index (χ3n) is 5.12. The Balaban J connectivity index is 1.40. The van der Waals surface area contributed by atoms with Gasteiger partial charge >= 0.3 is 0 Å². The lowest BCUT2D eigenvalue weighted by atomic mass is 10.1. The van der Waals surface area contributed by atoms with Gasteiger partial charge in [0.1, 0.15) is 5.69 Å². The van der Waals surface area contributed by atoms with Crippen LogP contribution in [0.2, 0.25) is 0 Å². The Labute approximate surface area is 175 Å². The standard InChI is InChI=1S/C23H25N5O2/c1-15-5-10-19-17(13-15)14-20(24-19)22-25-21(26-30-22)11-12-28(4)23(29)16-6-8-18(9-7-16)27(2)3/h5-10,13-14,24H,11-12H2,1-4H3. The third-order valence-corrected chi connectivity index (χ3v) is 5.12. The molecule has 0 aliphatic carbocycles. The summed E-state index contributed by atoms with van der Waals surface area (Å²) in [4.78, 5) is 24.1. The van der Waals surface area contributed by atoms with Crippen LogP contribution in [0.5, 0.6) is 0 Å². The van der Waals surface area contributed by atoms with Gasteiger partial charge in [0.25, 0.3) is 11.8 Å². The van der Waals surface area contributed by atoms with E-state index in [0.29, 0.717) is 30.2 Å². The number of amides is 1. The second-order valence-electron chi connectivity index (χ2n) is 7.71. The highest BCUT2D eigenvalue weighted by Crippen LogP contribution is 2.23. The lowest BCUT2D eigenvalue weighted by molar-refractivity contribution is 0.0796. The normalized spacial score (nSPS) is 11.1. The topological polar surface area (TPSA) is 78.3 Å². The molecular formula is C23H25N5O2. The summed E-state index contributed by atoms with van der Waals surface area (Å²) in [5, 5.41) is 5.17. The molecule has 0 atom stereocenters. The summed E-state index contributed by atoms with van der Waals surface area (Å²) in [5.74, 6) is 0.990. The van der Waals surface area contributed by atoms with E-state index in [1.165, 1.54) is 5.56 Å². The number of aromatic nitrogens is 3. The summed E-state index contributed by atoms with van der Waals surface area (Å²) in [6.07, 6.45) is 0.515. The number of likely N-dealkylation sites (N-methyl/N-ethyl adjacent to an activating group) is 1. The number of aryl methyl sites for hydroxylation is 1. The van der Waals surface area contributed by atoms with Gasteiger partial charge in [-0.2, -0.15) is 4.98 Å². The van der Waals surface area contributed by atoms with Gasteiger partial charge in [0.2, 0.25) is 0 Å². The van der Waals surface area contributed by atoms with Gasteiger partial charge in [-0.15, -0.1) is 0 Å².